The van der Waals surface area contributed by atoms with Crippen molar-refractivity contribution in [3.63, 3.8) is 0 Å². The standard InChI is InChI=1S/C14H20N2O2S/c17-19(18,11-12-4-2-1-3-5-12)16-9-8-13-6-7-14(10-16)15-13/h1-5,13-15H,6-11H2. The van der Waals surface area contributed by atoms with Crippen molar-refractivity contribution >= 4 is 10.0 Å². The first kappa shape index (κ1) is 13.1. The van der Waals surface area contributed by atoms with Crippen LogP contribution in [0.25, 0.3) is 0 Å². The maximum absolute atomic E-state index is 12.5. The highest BCUT2D eigenvalue weighted by molar-refractivity contribution is 7.88. The second-order valence-corrected chi connectivity index (χ2v) is 7.50. The molecule has 3 rings (SSSR count). The van der Waals surface area contributed by atoms with Crippen LogP contribution >= 0.6 is 0 Å². The Labute approximate surface area is 114 Å². The Kier molecular flexibility index (Phi) is 3.60. The summed E-state index contributed by atoms with van der Waals surface area (Å²) in [5, 5.41) is 3.51. The van der Waals surface area contributed by atoms with Crippen LogP contribution in [0.3, 0.4) is 0 Å². The van der Waals surface area contributed by atoms with Crippen molar-refractivity contribution in [2.75, 3.05) is 13.1 Å². The van der Waals surface area contributed by atoms with Gasteiger partial charge in [-0.15, -0.1) is 0 Å². The van der Waals surface area contributed by atoms with Gasteiger partial charge in [-0.3, -0.25) is 0 Å². The highest BCUT2D eigenvalue weighted by atomic mass is 32.2. The SMILES string of the molecule is O=S(=O)(Cc1ccccc1)N1CCC2CCC(C1)N2. The smallest absolute Gasteiger partial charge is 0.218 e. The van der Waals surface area contributed by atoms with E-state index in [1.165, 1.54) is 6.42 Å². The monoisotopic (exact) mass is 280 g/mol. The fourth-order valence-corrected chi connectivity index (χ4v) is 4.63. The Hall–Kier alpha value is -0.910. The third-order valence-electron chi connectivity index (χ3n) is 4.07. The predicted molar refractivity (Wildman–Crippen MR) is 75.2 cm³/mol. The van der Waals surface area contributed by atoms with E-state index in [-0.39, 0.29) is 5.75 Å². The predicted octanol–water partition coefficient (Wildman–Crippen LogP) is 1.34. The summed E-state index contributed by atoms with van der Waals surface area (Å²) in [4.78, 5) is 0. The summed E-state index contributed by atoms with van der Waals surface area (Å²) in [5.74, 6) is 0.116. The minimum atomic E-state index is -3.19. The van der Waals surface area contributed by atoms with E-state index in [0.29, 0.717) is 25.2 Å². The van der Waals surface area contributed by atoms with Crippen LogP contribution in [-0.4, -0.2) is 37.9 Å². The van der Waals surface area contributed by atoms with Crippen molar-refractivity contribution < 1.29 is 8.42 Å². The number of rotatable bonds is 3. The van der Waals surface area contributed by atoms with Gasteiger partial charge in [-0.25, -0.2) is 12.7 Å². The minimum Gasteiger partial charge on any atom is -0.310 e. The van der Waals surface area contributed by atoms with E-state index < -0.39 is 10.0 Å². The summed E-state index contributed by atoms with van der Waals surface area (Å²) >= 11 is 0. The summed E-state index contributed by atoms with van der Waals surface area (Å²) in [7, 11) is -3.19. The fourth-order valence-electron chi connectivity index (χ4n) is 3.04. The lowest BCUT2D eigenvalue weighted by Gasteiger charge is -2.23. The number of nitrogens with one attached hydrogen (secondary N) is 1. The van der Waals surface area contributed by atoms with Crippen LogP contribution in [0.15, 0.2) is 30.3 Å². The Morgan fingerprint density at radius 3 is 2.63 bits per heavy atom. The zero-order valence-electron chi connectivity index (χ0n) is 11.0. The highest BCUT2D eigenvalue weighted by Crippen LogP contribution is 2.23. The van der Waals surface area contributed by atoms with Gasteiger partial charge in [0.1, 0.15) is 0 Å². The molecule has 2 aliphatic rings. The molecule has 1 N–H and O–H groups in total. The average molecular weight is 280 g/mol. The van der Waals surface area contributed by atoms with Crippen LogP contribution in [0.4, 0.5) is 0 Å². The normalized spacial score (nSPS) is 28.2. The molecule has 0 radical (unpaired) electrons. The van der Waals surface area contributed by atoms with Gasteiger partial charge in [-0.2, -0.15) is 0 Å². The first-order chi connectivity index (χ1) is 9.13. The summed E-state index contributed by atoms with van der Waals surface area (Å²) < 4.78 is 26.6. The molecule has 0 aromatic heterocycles. The summed E-state index contributed by atoms with van der Waals surface area (Å²) in [6, 6.07) is 10.3. The van der Waals surface area contributed by atoms with Gasteiger partial charge in [-0.1, -0.05) is 30.3 Å². The van der Waals surface area contributed by atoms with Crippen LogP contribution in [0, 0.1) is 0 Å². The van der Waals surface area contributed by atoms with E-state index in [2.05, 4.69) is 5.32 Å². The molecule has 2 saturated heterocycles. The van der Waals surface area contributed by atoms with Gasteiger partial charge in [0.25, 0.3) is 0 Å². The molecule has 0 spiro atoms. The average Bonchev–Trinajstić information content (AvgIpc) is 2.69. The molecule has 2 bridgehead atoms. The van der Waals surface area contributed by atoms with Gasteiger partial charge in [0.2, 0.25) is 10.0 Å². The Morgan fingerprint density at radius 1 is 1.11 bits per heavy atom. The van der Waals surface area contributed by atoms with Crippen molar-refractivity contribution in [1.29, 1.82) is 0 Å². The second kappa shape index (κ2) is 5.23. The van der Waals surface area contributed by atoms with Crippen LogP contribution in [0.2, 0.25) is 0 Å². The molecule has 2 unspecified atom stereocenters. The summed E-state index contributed by atoms with van der Waals surface area (Å²) in [5.41, 5.74) is 0.866. The minimum absolute atomic E-state index is 0.116. The number of sulfonamides is 1. The Bertz CT molecular complexity index is 530. The summed E-state index contributed by atoms with van der Waals surface area (Å²) in [6.07, 6.45) is 3.23. The number of fused-ring (bicyclic) bond motifs is 2. The zero-order chi connectivity index (χ0) is 13.3. The summed E-state index contributed by atoms with van der Waals surface area (Å²) in [6.45, 7) is 1.29. The lowest BCUT2D eigenvalue weighted by molar-refractivity contribution is 0.383. The quantitative estimate of drug-likeness (QED) is 0.909. The zero-order valence-corrected chi connectivity index (χ0v) is 11.8. The lowest BCUT2D eigenvalue weighted by atomic mass is 10.1. The van der Waals surface area contributed by atoms with Gasteiger partial charge in [0, 0.05) is 25.2 Å². The molecule has 2 aliphatic heterocycles. The van der Waals surface area contributed by atoms with E-state index in [1.54, 1.807) is 4.31 Å². The molecule has 0 amide bonds. The van der Waals surface area contributed by atoms with Crippen molar-refractivity contribution in [2.24, 2.45) is 0 Å². The molecule has 5 heteroatoms. The van der Waals surface area contributed by atoms with Crippen LogP contribution in [0.5, 0.6) is 0 Å². The molecule has 1 aromatic carbocycles. The first-order valence-electron chi connectivity index (χ1n) is 6.91. The molecule has 0 aliphatic carbocycles. The number of hydrogen-bond donors (Lipinski definition) is 1. The van der Waals surface area contributed by atoms with Crippen molar-refractivity contribution in [1.82, 2.24) is 9.62 Å². The topological polar surface area (TPSA) is 49.4 Å². The van der Waals surface area contributed by atoms with Crippen molar-refractivity contribution in [3.05, 3.63) is 35.9 Å². The number of hydrogen-bond acceptors (Lipinski definition) is 3. The molecule has 0 saturated carbocycles. The molecule has 104 valence electrons. The molecule has 1 aromatic rings. The van der Waals surface area contributed by atoms with E-state index >= 15 is 0 Å². The Morgan fingerprint density at radius 2 is 1.84 bits per heavy atom. The van der Waals surface area contributed by atoms with Crippen molar-refractivity contribution in [3.8, 4) is 0 Å². The van der Waals surface area contributed by atoms with Gasteiger partial charge < -0.3 is 5.32 Å². The van der Waals surface area contributed by atoms with Crippen LogP contribution < -0.4 is 5.32 Å². The third-order valence-corrected chi connectivity index (χ3v) is 5.89. The second-order valence-electron chi connectivity index (χ2n) is 5.53. The first-order valence-corrected chi connectivity index (χ1v) is 8.52. The number of nitrogens with zero attached hydrogens (tertiary/aromatic N) is 1. The molecule has 2 atom stereocenters. The molecule has 4 nitrogen and oxygen atoms in total. The van der Waals surface area contributed by atoms with Gasteiger partial charge in [0.15, 0.2) is 0 Å². The van der Waals surface area contributed by atoms with Gasteiger partial charge in [0.05, 0.1) is 5.75 Å². The van der Waals surface area contributed by atoms with E-state index in [1.807, 2.05) is 30.3 Å². The van der Waals surface area contributed by atoms with Crippen molar-refractivity contribution in [2.45, 2.75) is 37.1 Å². The fraction of sp³-hybridized carbons (Fsp3) is 0.571. The van der Waals surface area contributed by atoms with Crippen LogP contribution in [-0.2, 0) is 15.8 Å². The van der Waals surface area contributed by atoms with Crippen LogP contribution in [0.1, 0.15) is 24.8 Å². The number of benzene rings is 1. The third kappa shape index (κ3) is 2.99. The molecule has 19 heavy (non-hydrogen) atoms. The maximum Gasteiger partial charge on any atom is 0.218 e. The van der Waals surface area contributed by atoms with Gasteiger partial charge in [-0.05, 0) is 24.8 Å². The van der Waals surface area contributed by atoms with E-state index in [9.17, 15) is 8.42 Å². The molecular formula is C14H20N2O2S. The highest BCUT2D eigenvalue weighted by Gasteiger charge is 2.34. The Balaban J connectivity index is 1.73. The maximum atomic E-state index is 12.5. The lowest BCUT2D eigenvalue weighted by Crippen LogP contribution is -2.39. The molecule has 2 fully saturated rings. The molecule has 2 heterocycles. The molecular weight excluding hydrogens is 260 g/mol. The van der Waals surface area contributed by atoms with E-state index in [4.69, 9.17) is 0 Å². The van der Waals surface area contributed by atoms with Gasteiger partial charge >= 0.3 is 0 Å². The van der Waals surface area contributed by atoms with E-state index in [0.717, 1.165) is 18.4 Å². The largest absolute Gasteiger partial charge is 0.310 e.